The van der Waals surface area contributed by atoms with Gasteiger partial charge in [0.25, 0.3) is 0 Å². The monoisotopic (exact) mass is 459 g/mol. The summed E-state index contributed by atoms with van der Waals surface area (Å²) in [6.45, 7) is 4.04. The van der Waals surface area contributed by atoms with E-state index in [0.29, 0.717) is 19.8 Å². The maximum Gasteiger partial charge on any atom is 0.222 e. The molecule has 184 valence electrons. The van der Waals surface area contributed by atoms with Crippen molar-refractivity contribution in [3.8, 4) is 11.5 Å². The number of H-pyrrole nitrogens is 1. The van der Waals surface area contributed by atoms with Gasteiger partial charge in [0.1, 0.15) is 0 Å². The Kier molecular flexibility index (Phi) is 13.1. The zero-order valence-electron chi connectivity index (χ0n) is 20.5. The van der Waals surface area contributed by atoms with Crippen LogP contribution in [0.5, 0.6) is 11.5 Å². The van der Waals surface area contributed by atoms with Crippen LogP contribution in [0.4, 0.5) is 0 Å². The number of aromatic nitrogens is 2. The molecule has 2 N–H and O–H groups in total. The van der Waals surface area contributed by atoms with Gasteiger partial charge in [0.05, 0.1) is 20.0 Å². The number of unbranched alkanes of at least 4 members (excludes halogenated alkanes) is 3. The molecule has 2 rings (SSSR count). The summed E-state index contributed by atoms with van der Waals surface area (Å²) in [5, 5.41) is 3.05. The highest BCUT2D eigenvalue weighted by atomic mass is 16.5. The maximum absolute atomic E-state index is 12.2. The molecular formula is C26H41N3O4. The number of methoxy groups -OCH3 is 2. The minimum Gasteiger partial charge on any atom is -0.493 e. The van der Waals surface area contributed by atoms with Crippen molar-refractivity contribution in [3.63, 3.8) is 0 Å². The predicted molar refractivity (Wildman–Crippen MR) is 131 cm³/mol. The third kappa shape index (κ3) is 10.7. The second-order valence-electron chi connectivity index (χ2n) is 8.51. The van der Waals surface area contributed by atoms with Crippen molar-refractivity contribution >= 4 is 5.91 Å². The van der Waals surface area contributed by atoms with E-state index < -0.39 is 0 Å². The lowest BCUT2D eigenvalue weighted by atomic mass is 10.00. The number of amides is 1. The maximum atomic E-state index is 12.2. The van der Waals surface area contributed by atoms with Crippen molar-refractivity contribution in [1.82, 2.24) is 15.3 Å². The first kappa shape index (κ1) is 26.7. The van der Waals surface area contributed by atoms with Crippen LogP contribution in [0.1, 0.15) is 63.1 Å². The van der Waals surface area contributed by atoms with Crippen LogP contribution in [0.15, 0.2) is 30.7 Å². The first-order chi connectivity index (χ1) is 16.1. The summed E-state index contributed by atoms with van der Waals surface area (Å²) >= 11 is 0. The fourth-order valence-electron chi connectivity index (χ4n) is 3.73. The molecular weight excluding hydrogens is 418 g/mol. The van der Waals surface area contributed by atoms with Gasteiger partial charge in [0.2, 0.25) is 5.91 Å². The largest absolute Gasteiger partial charge is 0.493 e. The highest BCUT2D eigenvalue weighted by Gasteiger charge is 2.12. The Morgan fingerprint density at radius 1 is 1.03 bits per heavy atom. The predicted octanol–water partition coefficient (Wildman–Crippen LogP) is 4.71. The van der Waals surface area contributed by atoms with Gasteiger partial charge < -0.3 is 24.5 Å². The van der Waals surface area contributed by atoms with Crippen molar-refractivity contribution in [1.29, 1.82) is 0 Å². The Morgan fingerprint density at radius 2 is 1.88 bits per heavy atom. The molecule has 0 aliphatic heterocycles. The molecule has 7 nitrogen and oxygen atoms in total. The highest BCUT2D eigenvalue weighted by molar-refractivity contribution is 5.78. The molecule has 0 spiro atoms. The third-order valence-electron chi connectivity index (χ3n) is 5.76. The summed E-state index contributed by atoms with van der Waals surface area (Å²) in [4.78, 5) is 19.3. The van der Waals surface area contributed by atoms with E-state index in [1.165, 1.54) is 5.56 Å². The molecule has 1 amide bonds. The number of rotatable bonds is 18. The van der Waals surface area contributed by atoms with Gasteiger partial charge in [-0.1, -0.05) is 32.3 Å². The molecule has 7 heteroatoms. The SMILES string of the molecule is COCCCOc1cc(CCCCCC[C@@H](C)C(=O)NCCCc2cnc[nH]2)ccc1OC. The molecule has 0 saturated carbocycles. The Bertz CT molecular complexity index is 780. The van der Waals surface area contributed by atoms with E-state index in [0.717, 1.165) is 75.0 Å². The number of nitrogens with zero attached hydrogens (tertiary/aromatic N) is 1. The number of benzene rings is 1. The standard InChI is InChI=1S/C26H41N3O4/c1-21(26(30)28-15-8-12-23-19-27-20-29-23)10-6-4-5-7-11-22-13-14-24(32-3)25(18-22)33-17-9-16-31-2/h13-14,18-21H,4-12,15-17H2,1-3H3,(H,27,29)(H,28,30)/t21-/m1/s1. The van der Waals surface area contributed by atoms with E-state index in [-0.39, 0.29) is 11.8 Å². The molecule has 1 atom stereocenters. The van der Waals surface area contributed by atoms with Gasteiger partial charge in [-0.05, 0) is 49.8 Å². The molecule has 0 fully saturated rings. The molecule has 0 aliphatic rings. The van der Waals surface area contributed by atoms with E-state index in [9.17, 15) is 4.79 Å². The third-order valence-corrected chi connectivity index (χ3v) is 5.76. The molecule has 0 radical (unpaired) electrons. The number of aromatic amines is 1. The molecule has 33 heavy (non-hydrogen) atoms. The van der Waals surface area contributed by atoms with Crippen molar-refractivity contribution in [2.45, 2.75) is 64.7 Å². The quantitative estimate of drug-likeness (QED) is 0.315. The summed E-state index contributed by atoms with van der Waals surface area (Å²) in [6, 6.07) is 6.18. The van der Waals surface area contributed by atoms with Gasteiger partial charge in [-0.2, -0.15) is 0 Å². The molecule has 1 aromatic carbocycles. The van der Waals surface area contributed by atoms with Crippen LogP contribution in [-0.4, -0.2) is 49.9 Å². The molecule has 0 bridgehead atoms. The minimum absolute atomic E-state index is 0.0663. The van der Waals surface area contributed by atoms with Crippen LogP contribution >= 0.6 is 0 Å². The van der Waals surface area contributed by atoms with Gasteiger partial charge >= 0.3 is 0 Å². The first-order valence-corrected chi connectivity index (χ1v) is 12.2. The van der Waals surface area contributed by atoms with Crippen molar-refractivity contribution in [3.05, 3.63) is 42.0 Å². The number of hydrogen-bond acceptors (Lipinski definition) is 5. The van der Waals surface area contributed by atoms with Gasteiger partial charge in [-0.15, -0.1) is 0 Å². The second kappa shape index (κ2) is 16.1. The normalized spacial score (nSPS) is 11.8. The van der Waals surface area contributed by atoms with Gasteiger partial charge in [-0.25, -0.2) is 4.98 Å². The molecule has 0 aliphatic carbocycles. The van der Waals surface area contributed by atoms with E-state index >= 15 is 0 Å². The number of ether oxygens (including phenoxy) is 3. The number of aryl methyl sites for hydroxylation is 2. The molecule has 1 aromatic heterocycles. The van der Waals surface area contributed by atoms with Crippen molar-refractivity contribution in [2.24, 2.45) is 5.92 Å². The van der Waals surface area contributed by atoms with Crippen LogP contribution < -0.4 is 14.8 Å². The Labute approximate surface area is 198 Å². The fourth-order valence-corrected chi connectivity index (χ4v) is 3.73. The van der Waals surface area contributed by atoms with Crippen LogP contribution in [0.2, 0.25) is 0 Å². The Hall–Kier alpha value is -2.54. The number of hydrogen-bond donors (Lipinski definition) is 2. The van der Waals surface area contributed by atoms with Crippen molar-refractivity contribution in [2.75, 3.05) is 34.0 Å². The van der Waals surface area contributed by atoms with Crippen LogP contribution in [0, 0.1) is 5.92 Å². The Morgan fingerprint density at radius 3 is 2.64 bits per heavy atom. The van der Waals surface area contributed by atoms with Crippen LogP contribution in [0.3, 0.4) is 0 Å². The fraction of sp³-hybridized carbons (Fsp3) is 0.615. The zero-order chi connectivity index (χ0) is 23.7. The Balaban J connectivity index is 1.56. The van der Waals surface area contributed by atoms with Gasteiger partial charge in [0, 0.05) is 44.5 Å². The van der Waals surface area contributed by atoms with Crippen LogP contribution in [-0.2, 0) is 22.4 Å². The zero-order valence-corrected chi connectivity index (χ0v) is 20.5. The summed E-state index contributed by atoms with van der Waals surface area (Å²) in [6.07, 6.45) is 12.7. The second-order valence-corrected chi connectivity index (χ2v) is 8.51. The molecule has 2 aromatic rings. The molecule has 0 saturated heterocycles. The highest BCUT2D eigenvalue weighted by Crippen LogP contribution is 2.29. The lowest BCUT2D eigenvalue weighted by molar-refractivity contribution is -0.124. The summed E-state index contributed by atoms with van der Waals surface area (Å²) < 4.78 is 16.4. The average Bonchev–Trinajstić information content (AvgIpc) is 3.35. The summed E-state index contributed by atoms with van der Waals surface area (Å²) in [5.41, 5.74) is 2.37. The number of carbonyl (C=O) groups is 1. The summed E-state index contributed by atoms with van der Waals surface area (Å²) in [5.74, 6) is 1.80. The van der Waals surface area contributed by atoms with Gasteiger partial charge in [0.15, 0.2) is 11.5 Å². The lowest BCUT2D eigenvalue weighted by Gasteiger charge is -2.13. The van der Waals surface area contributed by atoms with E-state index in [4.69, 9.17) is 14.2 Å². The van der Waals surface area contributed by atoms with Crippen molar-refractivity contribution < 1.29 is 19.0 Å². The summed E-state index contributed by atoms with van der Waals surface area (Å²) in [7, 11) is 3.36. The van der Waals surface area contributed by atoms with E-state index in [1.54, 1.807) is 20.5 Å². The average molecular weight is 460 g/mol. The number of carbonyl (C=O) groups excluding carboxylic acids is 1. The molecule has 0 unspecified atom stereocenters. The van der Waals surface area contributed by atoms with E-state index in [2.05, 4.69) is 27.4 Å². The van der Waals surface area contributed by atoms with Crippen LogP contribution in [0.25, 0.3) is 0 Å². The smallest absolute Gasteiger partial charge is 0.222 e. The number of nitrogens with one attached hydrogen (secondary N) is 2. The molecule has 1 heterocycles. The minimum atomic E-state index is 0.0663. The van der Waals surface area contributed by atoms with Gasteiger partial charge in [-0.3, -0.25) is 4.79 Å². The van der Waals surface area contributed by atoms with E-state index in [1.807, 2.05) is 19.2 Å². The number of imidazole rings is 1. The first-order valence-electron chi connectivity index (χ1n) is 12.2. The lowest BCUT2D eigenvalue weighted by Crippen LogP contribution is -2.30. The topological polar surface area (TPSA) is 85.5 Å².